The Hall–Kier alpha value is -3.05. The molecule has 0 unspecified atom stereocenters. The van der Waals surface area contributed by atoms with Gasteiger partial charge in [0.2, 0.25) is 17.7 Å². The average Bonchev–Trinajstić information content (AvgIpc) is 3.51. The van der Waals surface area contributed by atoms with Crippen LogP contribution in [0, 0.1) is 5.92 Å². The maximum atomic E-state index is 14.1. The molecule has 4 atom stereocenters. The average molecular weight is 603 g/mol. The summed E-state index contributed by atoms with van der Waals surface area (Å²) in [4.78, 5) is 54.9. The number of Topliss-reactive ketones (excluding diaryl/α,β-unsaturated/α-hetero) is 1. The summed E-state index contributed by atoms with van der Waals surface area (Å²) in [5.74, 6) is -0.469. The molecule has 10 nitrogen and oxygen atoms in total. The molecule has 0 radical (unpaired) electrons. The van der Waals surface area contributed by atoms with Gasteiger partial charge in [0.25, 0.3) is 0 Å². The number of ketones is 1. The van der Waals surface area contributed by atoms with Crippen molar-refractivity contribution >= 4 is 23.5 Å². The van der Waals surface area contributed by atoms with Crippen molar-refractivity contribution in [1.82, 2.24) is 20.9 Å². The molecule has 3 amide bonds. The molecule has 3 N–H and O–H groups in total. The fourth-order valence-electron chi connectivity index (χ4n) is 5.94. The predicted octanol–water partition coefficient (Wildman–Crippen LogP) is 2.47. The van der Waals surface area contributed by atoms with Gasteiger partial charge in [-0.3, -0.25) is 24.1 Å². The van der Waals surface area contributed by atoms with Crippen LogP contribution in [0.3, 0.4) is 0 Å². The number of ether oxygens (including phenoxy) is 2. The summed E-state index contributed by atoms with van der Waals surface area (Å²) in [5, 5.41) is 8.45. The number of nitrogens with zero attached hydrogens (tertiary/aromatic N) is 1. The van der Waals surface area contributed by atoms with Gasteiger partial charge in [-0.15, -0.1) is 0 Å². The number of carbonyl (C=O) groups is 4. The molecular formula is C32H47FN4O6. The second-order valence-corrected chi connectivity index (χ2v) is 12.9. The Balaban J connectivity index is 1.41. The molecule has 1 aromatic rings. The fraction of sp³-hybridized carbons (Fsp3) is 0.688. The zero-order chi connectivity index (χ0) is 31.2. The first-order chi connectivity index (χ1) is 20.4. The quantitative estimate of drug-likeness (QED) is 0.279. The van der Waals surface area contributed by atoms with Gasteiger partial charge >= 0.3 is 0 Å². The number of alkyl halides is 1. The molecule has 4 rings (SSSR count). The lowest BCUT2D eigenvalue weighted by Gasteiger charge is -2.33. The number of hydrogen-bond acceptors (Lipinski definition) is 7. The summed E-state index contributed by atoms with van der Waals surface area (Å²) in [5.41, 5.74) is -1.32. The zero-order valence-electron chi connectivity index (χ0n) is 25.9. The Kier molecular flexibility index (Phi) is 10.8. The van der Waals surface area contributed by atoms with Crippen LogP contribution in [-0.4, -0.2) is 91.2 Å². The van der Waals surface area contributed by atoms with E-state index in [0.717, 1.165) is 31.2 Å². The van der Waals surface area contributed by atoms with E-state index in [0.29, 0.717) is 50.6 Å². The maximum absolute atomic E-state index is 14.1. The van der Waals surface area contributed by atoms with Crippen molar-refractivity contribution in [1.29, 1.82) is 0 Å². The normalized spacial score (nSPS) is 23.9. The molecule has 2 heterocycles. The highest BCUT2D eigenvalue weighted by Crippen LogP contribution is 2.33. The Bertz CT molecular complexity index is 1140. The van der Waals surface area contributed by atoms with Gasteiger partial charge in [0.15, 0.2) is 5.78 Å². The van der Waals surface area contributed by atoms with Crippen molar-refractivity contribution < 1.29 is 33.0 Å². The number of epoxide rings is 1. The first kappa shape index (κ1) is 32.9. The number of amides is 3. The summed E-state index contributed by atoms with van der Waals surface area (Å²) in [6.45, 7) is 6.20. The molecule has 1 aliphatic carbocycles. The van der Waals surface area contributed by atoms with Gasteiger partial charge in [-0.05, 0) is 63.6 Å². The number of hydrogen-bond donors (Lipinski definition) is 3. The van der Waals surface area contributed by atoms with Gasteiger partial charge in [-0.25, -0.2) is 4.39 Å². The van der Waals surface area contributed by atoms with Crippen LogP contribution >= 0.6 is 0 Å². The van der Waals surface area contributed by atoms with Crippen LogP contribution in [0.15, 0.2) is 24.3 Å². The lowest BCUT2D eigenvalue weighted by atomic mass is 9.90. The van der Waals surface area contributed by atoms with Crippen LogP contribution < -0.4 is 20.7 Å². The van der Waals surface area contributed by atoms with E-state index in [9.17, 15) is 23.6 Å². The second-order valence-electron chi connectivity index (χ2n) is 12.9. The topological polar surface area (TPSA) is 129 Å². The van der Waals surface area contributed by atoms with Gasteiger partial charge in [0, 0.05) is 19.5 Å². The molecule has 238 valence electrons. The number of nitrogens with one attached hydrogen (secondary N) is 3. The highest BCUT2D eigenvalue weighted by atomic mass is 19.1. The van der Waals surface area contributed by atoms with E-state index >= 15 is 0 Å². The zero-order valence-corrected chi connectivity index (χ0v) is 25.9. The maximum Gasteiger partial charge on any atom is 0.243 e. The van der Waals surface area contributed by atoms with Gasteiger partial charge in [-0.2, -0.15) is 0 Å². The van der Waals surface area contributed by atoms with E-state index in [2.05, 4.69) is 16.0 Å². The Morgan fingerprint density at radius 3 is 2.19 bits per heavy atom. The van der Waals surface area contributed by atoms with Crippen molar-refractivity contribution in [3.63, 3.8) is 0 Å². The van der Waals surface area contributed by atoms with Crippen molar-refractivity contribution in [3.05, 3.63) is 29.8 Å². The Labute approximate surface area is 253 Å². The van der Waals surface area contributed by atoms with E-state index in [-0.39, 0.29) is 24.7 Å². The summed E-state index contributed by atoms with van der Waals surface area (Å²) in [6.07, 6.45) is 5.69. The number of likely N-dealkylation sites (tertiary alicyclic amines) is 1. The molecule has 3 fully saturated rings. The first-order valence-electron chi connectivity index (χ1n) is 15.5. The highest BCUT2D eigenvalue weighted by Gasteiger charge is 2.50. The van der Waals surface area contributed by atoms with Crippen LogP contribution in [0.2, 0.25) is 0 Å². The highest BCUT2D eigenvalue weighted by molar-refractivity contribution is 5.98. The number of piperidine rings is 1. The summed E-state index contributed by atoms with van der Waals surface area (Å²) >= 11 is 0. The largest absolute Gasteiger partial charge is 0.497 e. The van der Waals surface area contributed by atoms with Crippen molar-refractivity contribution in [2.45, 2.75) is 102 Å². The minimum atomic E-state index is -1.22. The molecule has 0 aromatic heterocycles. The van der Waals surface area contributed by atoms with Crippen LogP contribution in [0.4, 0.5) is 4.39 Å². The number of benzene rings is 1. The van der Waals surface area contributed by atoms with E-state index in [1.165, 1.54) is 0 Å². The molecule has 1 aromatic carbocycles. The van der Waals surface area contributed by atoms with Gasteiger partial charge < -0.3 is 25.4 Å². The van der Waals surface area contributed by atoms with Gasteiger partial charge in [0.05, 0.1) is 26.3 Å². The minimum absolute atomic E-state index is 0.0647. The number of methoxy groups -OCH3 is 1. The minimum Gasteiger partial charge on any atom is -0.497 e. The standard InChI is InChI=1S/C32H47FN4O6/c1-21(34-27(38)19-37-15-13-31(2,33)14-16-37)29(40)36-26(18-23-9-11-24(42-4)12-10-23)30(41)35-25(17-22-7-5-6-8-22)28(39)32(3)20-43-32/h9-12,21-22,25-26H,5-8,13-20H2,1-4H3,(H,34,38)(H,35,41)(H,36,40)/t21-,25-,26-,32+/m0/s1. The Morgan fingerprint density at radius 2 is 1.60 bits per heavy atom. The summed E-state index contributed by atoms with van der Waals surface area (Å²) in [7, 11) is 1.57. The number of rotatable bonds is 14. The molecule has 3 aliphatic rings. The van der Waals surface area contributed by atoms with Crippen molar-refractivity contribution in [2.75, 3.05) is 33.4 Å². The molecule has 0 bridgehead atoms. The SMILES string of the molecule is COc1ccc(C[C@H](NC(=O)[C@H](C)NC(=O)CN2CCC(C)(F)CC2)C(=O)N[C@@H](CC2CCCC2)C(=O)[C@@]2(C)CO2)cc1. The lowest BCUT2D eigenvalue weighted by molar-refractivity contribution is -0.134. The van der Waals surface area contributed by atoms with Gasteiger partial charge in [-0.1, -0.05) is 37.8 Å². The van der Waals surface area contributed by atoms with Crippen LogP contribution in [-0.2, 0) is 30.3 Å². The smallest absolute Gasteiger partial charge is 0.243 e. The molecule has 43 heavy (non-hydrogen) atoms. The lowest BCUT2D eigenvalue weighted by Crippen LogP contribution is -2.57. The number of halogens is 1. The third kappa shape index (κ3) is 9.47. The van der Waals surface area contributed by atoms with Crippen LogP contribution in [0.5, 0.6) is 5.75 Å². The predicted molar refractivity (Wildman–Crippen MR) is 159 cm³/mol. The van der Waals surface area contributed by atoms with E-state index < -0.39 is 41.2 Å². The van der Waals surface area contributed by atoms with E-state index in [1.54, 1.807) is 40.0 Å². The molecule has 1 saturated carbocycles. The molecule has 2 saturated heterocycles. The van der Waals surface area contributed by atoms with E-state index in [4.69, 9.17) is 9.47 Å². The molecule has 2 aliphatic heterocycles. The summed E-state index contributed by atoms with van der Waals surface area (Å²) < 4.78 is 24.8. The van der Waals surface area contributed by atoms with Crippen molar-refractivity contribution in [3.8, 4) is 5.75 Å². The van der Waals surface area contributed by atoms with Crippen molar-refractivity contribution in [2.24, 2.45) is 5.92 Å². The number of carbonyl (C=O) groups excluding carboxylic acids is 4. The van der Waals surface area contributed by atoms with Crippen LogP contribution in [0.1, 0.15) is 71.3 Å². The molecular weight excluding hydrogens is 555 g/mol. The van der Waals surface area contributed by atoms with E-state index in [1.807, 2.05) is 17.0 Å². The molecule has 0 spiro atoms. The summed E-state index contributed by atoms with van der Waals surface area (Å²) in [6, 6.07) is 4.57. The van der Waals surface area contributed by atoms with Crippen LogP contribution in [0.25, 0.3) is 0 Å². The Morgan fingerprint density at radius 1 is 1.00 bits per heavy atom. The van der Waals surface area contributed by atoms with Gasteiger partial charge in [0.1, 0.15) is 29.1 Å². The fourth-order valence-corrected chi connectivity index (χ4v) is 5.94. The second kappa shape index (κ2) is 14.2. The first-order valence-corrected chi connectivity index (χ1v) is 15.5. The monoisotopic (exact) mass is 602 g/mol. The third-order valence-electron chi connectivity index (χ3n) is 9.04. The third-order valence-corrected chi connectivity index (χ3v) is 9.04. The molecule has 11 heteroatoms.